The van der Waals surface area contributed by atoms with Gasteiger partial charge in [-0.05, 0) is 36.2 Å². The summed E-state index contributed by atoms with van der Waals surface area (Å²) in [4.78, 5) is 14.8. The van der Waals surface area contributed by atoms with Crippen molar-refractivity contribution in [2.24, 2.45) is 0 Å². The van der Waals surface area contributed by atoms with Gasteiger partial charge in [0.2, 0.25) is 5.91 Å². The number of aromatic nitrogens is 1. The van der Waals surface area contributed by atoms with Crippen LogP contribution in [0.25, 0.3) is 0 Å². The van der Waals surface area contributed by atoms with Crippen LogP contribution in [0, 0.1) is 0 Å². The number of nitrogens with zero attached hydrogens (tertiary/aromatic N) is 2. The first-order valence-electron chi connectivity index (χ1n) is 10.8. The molecule has 1 aromatic heterocycles. The number of hydrogen-bond acceptors (Lipinski definition) is 2. The van der Waals surface area contributed by atoms with E-state index >= 15 is 0 Å². The van der Waals surface area contributed by atoms with E-state index in [9.17, 15) is 4.79 Å². The monoisotopic (exact) mass is 418 g/mol. The van der Waals surface area contributed by atoms with Gasteiger partial charge in [-0.15, -0.1) is 0 Å². The molecule has 0 aliphatic carbocycles. The average Bonchev–Trinajstić information content (AvgIpc) is 3.14. The van der Waals surface area contributed by atoms with Crippen LogP contribution in [0.3, 0.4) is 0 Å². The molecular weight excluding hydrogens is 384 g/mol. The second kappa shape index (κ2) is 13.4. The van der Waals surface area contributed by atoms with Crippen molar-refractivity contribution in [2.75, 3.05) is 20.3 Å². The molecule has 0 aliphatic rings. The Kier molecular flexibility index (Phi) is 10.9. The molecule has 5 heteroatoms. The Morgan fingerprint density at radius 3 is 2.66 bits per heavy atom. The molecule has 0 bridgehead atoms. The Balaban J connectivity index is 1.93. The number of unbranched alkanes of at least 4 members (excludes halogenated alkanes) is 5. The van der Waals surface area contributed by atoms with Crippen molar-refractivity contribution in [1.29, 1.82) is 0 Å². The lowest BCUT2D eigenvalue weighted by Crippen LogP contribution is -2.34. The number of amides is 1. The van der Waals surface area contributed by atoms with E-state index in [4.69, 9.17) is 16.3 Å². The van der Waals surface area contributed by atoms with Crippen LogP contribution in [0.2, 0.25) is 5.02 Å². The molecular formula is C24H35ClN2O2. The quantitative estimate of drug-likeness (QED) is 0.357. The number of methoxy groups -OCH3 is 1. The summed E-state index contributed by atoms with van der Waals surface area (Å²) < 4.78 is 7.42. The summed E-state index contributed by atoms with van der Waals surface area (Å²) in [6, 6.07) is 12.0. The summed E-state index contributed by atoms with van der Waals surface area (Å²) in [7, 11) is 1.68. The molecule has 1 aromatic carbocycles. The highest BCUT2D eigenvalue weighted by molar-refractivity contribution is 6.30. The molecule has 2 rings (SSSR count). The van der Waals surface area contributed by atoms with Crippen LogP contribution in [-0.2, 0) is 22.6 Å². The highest BCUT2D eigenvalue weighted by Crippen LogP contribution is 2.16. The standard InChI is InChI=1S/C24H35ClN2O2/c1-3-4-5-6-7-8-14-24(28)27(16-17-29-2)20-23-13-10-15-26(23)19-21-11-9-12-22(25)18-21/h9-13,15,18H,3-8,14,16-17,19-20H2,1-2H3. The molecule has 160 valence electrons. The van der Waals surface area contributed by atoms with E-state index < -0.39 is 0 Å². The van der Waals surface area contributed by atoms with Gasteiger partial charge in [0, 0.05) is 43.5 Å². The van der Waals surface area contributed by atoms with Gasteiger partial charge < -0.3 is 14.2 Å². The van der Waals surface area contributed by atoms with E-state index in [1.807, 2.05) is 29.2 Å². The predicted octanol–water partition coefficient (Wildman–Crippen LogP) is 5.92. The van der Waals surface area contributed by atoms with Crippen molar-refractivity contribution in [2.45, 2.75) is 65.0 Å². The van der Waals surface area contributed by atoms with Gasteiger partial charge >= 0.3 is 0 Å². The lowest BCUT2D eigenvalue weighted by Gasteiger charge is -2.23. The lowest BCUT2D eigenvalue weighted by atomic mass is 10.1. The van der Waals surface area contributed by atoms with E-state index in [1.165, 1.54) is 25.7 Å². The zero-order valence-electron chi connectivity index (χ0n) is 17.9. The maximum Gasteiger partial charge on any atom is 0.222 e. The fourth-order valence-corrected chi connectivity index (χ4v) is 3.70. The molecule has 1 heterocycles. The smallest absolute Gasteiger partial charge is 0.222 e. The zero-order chi connectivity index (χ0) is 20.9. The summed E-state index contributed by atoms with van der Waals surface area (Å²) in [5.41, 5.74) is 2.27. The van der Waals surface area contributed by atoms with E-state index in [2.05, 4.69) is 29.8 Å². The van der Waals surface area contributed by atoms with Crippen LogP contribution >= 0.6 is 11.6 Å². The maximum absolute atomic E-state index is 12.8. The Labute approximate surface area is 180 Å². The van der Waals surface area contributed by atoms with Crippen molar-refractivity contribution in [3.8, 4) is 0 Å². The number of carbonyl (C=O) groups excluding carboxylic acids is 1. The molecule has 0 N–H and O–H groups in total. The molecule has 29 heavy (non-hydrogen) atoms. The summed E-state index contributed by atoms with van der Waals surface area (Å²) in [6.07, 6.45) is 9.81. The minimum Gasteiger partial charge on any atom is -0.383 e. The minimum absolute atomic E-state index is 0.216. The van der Waals surface area contributed by atoms with Gasteiger partial charge in [0.25, 0.3) is 0 Å². The van der Waals surface area contributed by atoms with Gasteiger partial charge in [-0.3, -0.25) is 4.79 Å². The fraction of sp³-hybridized carbons (Fsp3) is 0.542. The van der Waals surface area contributed by atoms with Crippen LogP contribution in [0.1, 0.15) is 63.1 Å². The molecule has 0 unspecified atom stereocenters. The maximum atomic E-state index is 12.8. The fourth-order valence-electron chi connectivity index (χ4n) is 3.48. The third-order valence-electron chi connectivity index (χ3n) is 5.18. The van der Waals surface area contributed by atoms with Gasteiger partial charge in [0.1, 0.15) is 0 Å². The van der Waals surface area contributed by atoms with Crippen molar-refractivity contribution < 1.29 is 9.53 Å². The molecule has 2 aromatic rings. The molecule has 0 atom stereocenters. The molecule has 0 spiro atoms. The normalized spacial score (nSPS) is 11.0. The second-order valence-corrected chi connectivity index (χ2v) is 8.02. The topological polar surface area (TPSA) is 34.5 Å². The average molecular weight is 419 g/mol. The second-order valence-electron chi connectivity index (χ2n) is 7.58. The zero-order valence-corrected chi connectivity index (χ0v) is 18.7. The number of hydrogen-bond donors (Lipinski definition) is 0. The molecule has 0 saturated carbocycles. The third kappa shape index (κ3) is 8.63. The molecule has 1 amide bonds. The SMILES string of the molecule is CCCCCCCCC(=O)N(CCOC)Cc1cccn1Cc1cccc(Cl)c1. The third-order valence-corrected chi connectivity index (χ3v) is 5.42. The Morgan fingerprint density at radius 2 is 1.90 bits per heavy atom. The van der Waals surface area contributed by atoms with E-state index in [1.54, 1.807) is 7.11 Å². The number of carbonyl (C=O) groups is 1. The highest BCUT2D eigenvalue weighted by atomic mass is 35.5. The Bertz CT molecular complexity index is 729. The summed E-state index contributed by atoms with van der Waals surface area (Å²) >= 11 is 6.12. The van der Waals surface area contributed by atoms with Gasteiger partial charge in [-0.25, -0.2) is 0 Å². The Hall–Kier alpha value is -1.78. The first-order valence-corrected chi connectivity index (χ1v) is 11.2. The Morgan fingerprint density at radius 1 is 1.10 bits per heavy atom. The minimum atomic E-state index is 0.216. The number of rotatable bonds is 14. The lowest BCUT2D eigenvalue weighted by molar-refractivity contribution is -0.132. The summed E-state index contributed by atoms with van der Waals surface area (Å²) in [6.45, 7) is 4.74. The largest absolute Gasteiger partial charge is 0.383 e. The summed E-state index contributed by atoms with van der Waals surface area (Å²) in [5.74, 6) is 0.216. The van der Waals surface area contributed by atoms with Crippen LogP contribution in [0.4, 0.5) is 0 Å². The first kappa shape index (κ1) is 23.5. The molecule has 0 aliphatic heterocycles. The molecule has 0 radical (unpaired) electrons. The van der Waals surface area contributed by atoms with Crippen LogP contribution < -0.4 is 0 Å². The molecule has 0 fully saturated rings. The van der Waals surface area contributed by atoms with Gasteiger partial charge in [0.05, 0.1) is 13.2 Å². The van der Waals surface area contributed by atoms with Gasteiger partial charge in [-0.1, -0.05) is 62.8 Å². The highest BCUT2D eigenvalue weighted by Gasteiger charge is 2.15. The van der Waals surface area contributed by atoms with Crippen molar-refractivity contribution in [3.63, 3.8) is 0 Å². The van der Waals surface area contributed by atoms with Gasteiger partial charge in [-0.2, -0.15) is 0 Å². The van der Waals surface area contributed by atoms with Crippen molar-refractivity contribution in [1.82, 2.24) is 9.47 Å². The number of ether oxygens (including phenoxy) is 1. The van der Waals surface area contributed by atoms with Crippen molar-refractivity contribution in [3.05, 3.63) is 58.9 Å². The van der Waals surface area contributed by atoms with Crippen molar-refractivity contribution >= 4 is 17.5 Å². The molecule has 0 saturated heterocycles. The first-order chi connectivity index (χ1) is 14.1. The van der Waals surface area contributed by atoms with E-state index in [-0.39, 0.29) is 5.91 Å². The van der Waals surface area contributed by atoms with Crippen LogP contribution in [0.15, 0.2) is 42.6 Å². The van der Waals surface area contributed by atoms with E-state index in [0.29, 0.717) is 26.1 Å². The number of benzene rings is 1. The van der Waals surface area contributed by atoms with E-state index in [0.717, 1.165) is 35.7 Å². The van der Waals surface area contributed by atoms with Crippen LogP contribution in [-0.4, -0.2) is 35.6 Å². The molecule has 4 nitrogen and oxygen atoms in total. The number of halogens is 1. The van der Waals surface area contributed by atoms with Gasteiger partial charge in [0.15, 0.2) is 0 Å². The van der Waals surface area contributed by atoms with Crippen LogP contribution in [0.5, 0.6) is 0 Å². The predicted molar refractivity (Wildman–Crippen MR) is 120 cm³/mol. The summed E-state index contributed by atoms with van der Waals surface area (Å²) in [5, 5.41) is 0.743.